The number of hydrogen-bond donors (Lipinski definition) is 1. The first kappa shape index (κ1) is 17.3. The summed E-state index contributed by atoms with van der Waals surface area (Å²) in [5.41, 5.74) is 8.41. The van der Waals surface area contributed by atoms with Gasteiger partial charge in [0.05, 0.1) is 5.56 Å². The van der Waals surface area contributed by atoms with E-state index in [-0.39, 0.29) is 5.91 Å². The fourth-order valence-corrected chi connectivity index (χ4v) is 2.74. The third kappa shape index (κ3) is 3.61. The molecule has 1 aromatic carbocycles. The van der Waals surface area contributed by atoms with Crippen LogP contribution in [-0.4, -0.2) is 38.5 Å². The van der Waals surface area contributed by atoms with Gasteiger partial charge in [-0.2, -0.15) is 5.10 Å². The van der Waals surface area contributed by atoms with Crippen molar-refractivity contribution < 1.29 is 9.59 Å². The lowest BCUT2D eigenvalue weighted by molar-refractivity contribution is 0.0785. The molecule has 0 saturated heterocycles. The Labute approximate surface area is 151 Å². The van der Waals surface area contributed by atoms with Crippen molar-refractivity contribution in [3.05, 3.63) is 71.7 Å². The van der Waals surface area contributed by atoms with Crippen molar-refractivity contribution in [2.24, 2.45) is 12.8 Å². The summed E-state index contributed by atoms with van der Waals surface area (Å²) in [4.78, 5) is 29.9. The molecule has 0 aliphatic carbocycles. The highest BCUT2D eigenvalue weighted by Gasteiger charge is 2.20. The summed E-state index contributed by atoms with van der Waals surface area (Å²) < 4.78 is 1.61. The van der Waals surface area contributed by atoms with Crippen LogP contribution in [0.25, 0.3) is 11.3 Å². The molecule has 7 heteroatoms. The molecule has 2 aromatic heterocycles. The monoisotopic (exact) mass is 349 g/mol. The van der Waals surface area contributed by atoms with E-state index < -0.39 is 5.91 Å². The van der Waals surface area contributed by atoms with Gasteiger partial charge in [-0.1, -0.05) is 12.1 Å². The molecule has 3 aromatic rings. The van der Waals surface area contributed by atoms with E-state index in [1.54, 1.807) is 66.5 Å². The molecule has 0 unspecified atom stereocenters. The first-order valence-electron chi connectivity index (χ1n) is 8.04. The predicted molar refractivity (Wildman–Crippen MR) is 97.2 cm³/mol. The number of primary amides is 1. The van der Waals surface area contributed by atoms with Crippen molar-refractivity contribution in [3.63, 3.8) is 0 Å². The van der Waals surface area contributed by atoms with Gasteiger partial charge in [0.1, 0.15) is 5.69 Å². The first-order valence-corrected chi connectivity index (χ1v) is 8.04. The van der Waals surface area contributed by atoms with E-state index >= 15 is 0 Å². The number of aromatic nitrogens is 3. The molecular formula is C19H19N5O2. The second kappa shape index (κ2) is 7.18. The third-order valence-electron chi connectivity index (χ3n) is 3.97. The minimum Gasteiger partial charge on any atom is -0.366 e. The molecule has 2 heterocycles. The van der Waals surface area contributed by atoms with E-state index in [0.29, 0.717) is 23.4 Å². The zero-order chi connectivity index (χ0) is 18.7. The van der Waals surface area contributed by atoms with Gasteiger partial charge in [-0.05, 0) is 29.8 Å². The van der Waals surface area contributed by atoms with Gasteiger partial charge < -0.3 is 10.6 Å². The summed E-state index contributed by atoms with van der Waals surface area (Å²) in [6.45, 7) is 0.349. The van der Waals surface area contributed by atoms with Gasteiger partial charge in [0.15, 0.2) is 0 Å². The molecule has 0 bridgehead atoms. The van der Waals surface area contributed by atoms with Crippen LogP contribution >= 0.6 is 0 Å². The zero-order valence-corrected chi connectivity index (χ0v) is 14.6. The number of amides is 2. The van der Waals surface area contributed by atoms with E-state index in [2.05, 4.69) is 10.1 Å². The minimum atomic E-state index is -0.494. The zero-order valence-electron chi connectivity index (χ0n) is 14.6. The van der Waals surface area contributed by atoms with E-state index in [4.69, 9.17) is 5.73 Å². The van der Waals surface area contributed by atoms with Crippen LogP contribution in [0.2, 0.25) is 0 Å². The molecule has 0 saturated carbocycles. The molecule has 0 fully saturated rings. The summed E-state index contributed by atoms with van der Waals surface area (Å²) in [7, 11) is 3.48. The van der Waals surface area contributed by atoms with Gasteiger partial charge in [-0.25, -0.2) is 0 Å². The lowest BCUT2D eigenvalue weighted by Crippen LogP contribution is -2.26. The van der Waals surface area contributed by atoms with Crippen LogP contribution in [-0.2, 0) is 13.6 Å². The Morgan fingerprint density at radius 3 is 2.73 bits per heavy atom. The second-order valence-electron chi connectivity index (χ2n) is 6.03. The van der Waals surface area contributed by atoms with Gasteiger partial charge in [0.2, 0.25) is 5.91 Å². The van der Waals surface area contributed by atoms with Gasteiger partial charge >= 0.3 is 0 Å². The van der Waals surface area contributed by atoms with Crippen molar-refractivity contribution in [1.29, 1.82) is 0 Å². The Hall–Kier alpha value is -3.48. The van der Waals surface area contributed by atoms with Gasteiger partial charge in [-0.3, -0.25) is 19.3 Å². The van der Waals surface area contributed by atoms with Crippen LogP contribution in [0, 0.1) is 0 Å². The molecule has 26 heavy (non-hydrogen) atoms. The first-order chi connectivity index (χ1) is 12.5. The van der Waals surface area contributed by atoms with Crippen LogP contribution < -0.4 is 5.73 Å². The summed E-state index contributed by atoms with van der Waals surface area (Å²) in [6.07, 6.45) is 5.04. The molecule has 0 aliphatic heterocycles. The molecule has 2 amide bonds. The van der Waals surface area contributed by atoms with Gasteiger partial charge in [0.25, 0.3) is 5.91 Å². The summed E-state index contributed by atoms with van der Waals surface area (Å²) in [6, 6.07) is 10.6. The maximum Gasteiger partial charge on any atom is 0.257 e. The van der Waals surface area contributed by atoms with Crippen LogP contribution in [0.4, 0.5) is 0 Å². The smallest absolute Gasteiger partial charge is 0.257 e. The van der Waals surface area contributed by atoms with Crippen LogP contribution in [0.3, 0.4) is 0 Å². The number of benzene rings is 1. The number of rotatable bonds is 5. The van der Waals surface area contributed by atoms with Crippen molar-refractivity contribution in [2.45, 2.75) is 6.54 Å². The molecule has 0 spiro atoms. The third-order valence-corrected chi connectivity index (χ3v) is 3.97. The molecular weight excluding hydrogens is 330 g/mol. The highest BCUT2D eigenvalue weighted by Crippen LogP contribution is 2.22. The molecule has 0 aliphatic rings. The number of pyridine rings is 1. The normalized spacial score (nSPS) is 10.5. The van der Waals surface area contributed by atoms with E-state index in [9.17, 15) is 9.59 Å². The number of nitrogens with zero attached hydrogens (tertiary/aromatic N) is 4. The van der Waals surface area contributed by atoms with Crippen LogP contribution in [0.15, 0.2) is 55.0 Å². The van der Waals surface area contributed by atoms with E-state index in [0.717, 1.165) is 11.1 Å². The number of nitrogens with two attached hydrogens (primary N) is 1. The van der Waals surface area contributed by atoms with Crippen molar-refractivity contribution in [1.82, 2.24) is 19.7 Å². The average molecular weight is 349 g/mol. The van der Waals surface area contributed by atoms with E-state index in [1.165, 1.54) is 0 Å². The largest absolute Gasteiger partial charge is 0.366 e. The van der Waals surface area contributed by atoms with Crippen molar-refractivity contribution in [3.8, 4) is 11.3 Å². The molecule has 7 nitrogen and oxygen atoms in total. The Morgan fingerprint density at radius 2 is 2.04 bits per heavy atom. The Bertz CT molecular complexity index is 950. The number of aryl methyl sites for hydroxylation is 1. The highest BCUT2D eigenvalue weighted by atomic mass is 16.2. The number of carbonyl (C=O) groups excluding carboxylic acids is 2. The topological polar surface area (TPSA) is 94.1 Å². The second-order valence-corrected chi connectivity index (χ2v) is 6.03. The predicted octanol–water partition coefficient (Wildman–Crippen LogP) is 1.85. The maximum atomic E-state index is 12.9. The number of hydrogen-bond acceptors (Lipinski definition) is 4. The summed E-state index contributed by atoms with van der Waals surface area (Å²) >= 11 is 0. The molecule has 0 radical (unpaired) electrons. The summed E-state index contributed by atoms with van der Waals surface area (Å²) in [5.74, 6) is -0.659. The van der Waals surface area contributed by atoms with Crippen molar-refractivity contribution in [2.75, 3.05) is 7.05 Å². The summed E-state index contributed by atoms with van der Waals surface area (Å²) in [5, 5.41) is 4.40. The Morgan fingerprint density at radius 1 is 1.23 bits per heavy atom. The lowest BCUT2D eigenvalue weighted by Gasteiger charge is -2.17. The fraction of sp³-hybridized carbons (Fsp3) is 0.158. The van der Waals surface area contributed by atoms with Crippen molar-refractivity contribution >= 4 is 11.8 Å². The van der Waals surface area contributed by atoms with Crippen LogP contribution in [0.1, 0.15) is 26.3 Å². The van der Waals surface area contributed by atoms with Gasteiger partial charge in [-0.15, -0.1) is 0 Å². The quantitative estimate of drug-likeness (QED) is 0.760. The maximum absolute atomic E-state index is 12.9. The SMILES string of the molecule is CN(Cc1cccc(C(N)=O)c1)C(=O)c1cn(C)nc1-c1cccnc1. The van der Waals surface area contributed by atoms with Gasteiger partial charge in [0, 0.05) is 50.4 Å². The number of carbonyl (C=O) groups is 2. The molecule has 132 valence electrons. The highest BCUT2D eigenvalue weighted by molar-refractivity contribution is 5.99. The average Bonchev–Trinajstić information content (AvgIpc) is 3.03. The molecule has 2 N–H and O–H groups in total. The Kier molecular flexibility index (Phi) is 4.79. The fourth-order valence-electron chi connectivity index (χ4n) is 2.74. The standard InChI is InChI=1S/C19H19N5O2/c1-23(11-13-5-3-6-14(9-13)18(20)25)19(26)16-12-24(2)22-17(16)15-7-4-8-21-10-15/h3-10,12H,11H2,1-2H3,(H2,20,25). The minimum absolute atomic E-state index is 0.165. The Balaban J connectivity index is 1.86. The molecule has 3 rings (SSSR count). The lowest BCUT2D eigenvalue weighted by atomic mass is 10.1. The molecule has 0 atom stereocenters. The van der Waals surface area contributed by atoms with E-state index in [1.807, 2.05) is 12.1 Å². The van der Waals surface area contributed by atoms with Crippen LogP contribution in [0.5, 0.6) is 0 Å².